The number of alkyl halides is 3. The van der Waals surface area contributed by atoms with Crippen molar-refractivity contribution < 1.29 is 22.7 Å². The summed E-state index contributed by atoms with van der Waals surface area (Å²) in [6.45, 7) is 0.649. The van der Waals surface area contributed by atoms with E-state index in [4.69, 9.17) is 0 Å². The van der Waals surface area contributed by atoms with E-state index in [1.54, 1.807) is 18.5 Å². The summed E-state index contributed by atoms with van der Waals surface area (Å²) in [5.74, 6) is -0.345. The van der Waals surface area contributed by atoms with Crippen molar-refractivity contribution in [2.24, 2.45) is 0 Å². The molecule has 24 heavy (non-hydrogen) atoms. The van der Waals surface area contributed by atoms with Gasteiger partial charge in [0.1, 0.15) is 0 Å². The van der Waals surface area contributed by atoms with Crippen molar-refractivity contribution in [3.05, 3.63) is 53.5 Å². The lowest BCUT2D eigenvalue weighted by Gasteiger charge is -2.10. The van der Waals surface area contributed by atoms with Gasteiger partial charge in [0.05, 0.1) is 6.42 Å². The predicted octanol–water partition coefficient (Wildman–Crippen LogP) is 2.59. The zero-order chi connectivity index (χ0) is 17.6. The molecule has 0 aliphatic heterocycles. The van der Waals surface area contributed by atoms with Crippen molar-refractivity contribution in [2.75, 3.05) is 6.61 Å². The number of nitrogens with zero attached hydrogens (tertiary/aromatic N) is 2. The number of aryl methyl sites for hydroxylation is 1. The van der Waals surface area contributed by atoms with Crippen LogP contribution in [-0.2, 0) is 17.8 Å². The Kier molecular flexibility index (Phi) is 5.73. The van der Waals surface area contributed by atoms with E-state index in [-0.39, 0.29) is 24.8 Å². The van der Waals surface area contributed by atoms with E-state index in [1.165, 1.54) is 12.3 Å². The van der Waals surface area contributed by atoms with Crippen LogP contribution in [0.2, 0.25) is 0 Å². The lowest BCUT2D eigenvalue weighted by Crippen LogP contribution is -2.25. The summed E-state index contributed by atoms with van der Waals surface area (Å²) >= 11 is 0. The number of rotatable bonds is 6. The first-order valence-electron chi connectivity index (χ1n) is 7.14. The van der Waals surface area contributed by atoms with E-state index in [0.29, 0.717) is 5.56 Å². The quantitative estimate of drug-likeness (QED) is 0.879. The molecule has 0 saturated heterocycles. The maximum atomic E-state index is 12.1. The van der Waals surface area contributed by atoms with Gasteiger partial charge in [-0.1, -0.05) is 0 Å². The lowest BCUT2D eigenvalue weighted by atomic mass is 10.1. The van der Waals surface area contributed by atoms with Crippen molar-refractivity contribution >= 4 is 5.91 Å². The normalized spacial score (nSPS) is 11.2. The molecule has 1 amide bonds. The third-order valence-corrected chi connectivity index (χ3v) is 3.17. The molecule has 0 aliphatic rings. The van der Waals surface area contributed by atoms with Gasteiger partial charge in [-0.2, -0.15) is 13.2 Å². The Morgan fingerprint density at radius 1 is 1.29 bits per heavy atom. The van der Waals surface area contributed by atoms with Crippen LogP contribution in [0.5, 0.6) is 5.88 Å². The first-order chi connectivity index (χ1) is 11.3. The molecule has 128 valence electrons. The Bertz CT molecular complexity index is 705. The number of hydrogen-bond acceptors (Lipinski definition) is 4. The molecule has 0 unspecified atom stereocenters. The van der Waals surface area contributed by atoms with Gasteiger partial charge in [0.2, 0.25) is 11.8 Å². The average molecular weight is 339 g/mol. The fourth-order valence-electron chi connectivity index (χ4n) is 1.91. The van der Waals surface area contributed by atoms with E-state index in [2.05, 4.69) is 20.0 Å². The van der Waals surface area contributed by atoms with Crippen molar-refractivity contribution in [2.45, 2.75) is 26.1 Å². The number of nitrogens with one attached hydrogen (secondary N) is 1. The van der Waals surface area contributed by atoms with Gasteiger partial charge in [-0.15, -0.1) is 0 Å². The first kappa shape index (κ1) is 17.7. The van der Waals surface area contributed by atoms with Gasteiger partial charge in [-0.05, 0) is 35.7 Å². The van der Waals surface area contributed by atoms with Crippen LogP contribution in [0.4, 0.5) is 13.2 Å². The molecule has 5 nitrogen and oxygen atoms in total. The fraction of sp³-hybridized carbons (Fsp3) is 0.312. The number of ether oxygens (including phenoxy) is 1. The van der Waals surface area contributed by atoms with Crippen LogP contribution >= 0.6 is 0 Å². The average Bonchev–Trinajstić information content (AvgIpc) is 2.53. The molecule has 2 aromatic rings. The molecule has 2 heterocycles. The molecule has 8 heteroatoms. The van der Waals surface area contributed by atoms with Gasteiger partial charge in [0.25, 0.3) is 0 Å². The Labute approximate surface area is 136 Å². The summed E-state index contributed by atoms with van der Waals surface area (Å²) < 4.78 is 40.9. The van der Waals surface area contributed by atoms with Gasteiger partial charge >= 0.3 is 6.18 Å². The molecule has 1 N–H and O–H groups in total. The summed E-state index contributed by atoms with van der Waals surface area (Å²) in [5, 5.41) is 2.70. The van der Waals surface area contributed by atoms with E-state index in [9.17, 15) is 18.0 Å². The highest BCUT2D eigenvalue weighted by Gasteiger charge is 2.28. The summed E-state index contributed by atoms with van der Waals surface area (Å²) in [5.41, 5.74) is 2.38. The molecular formula is C16H16F3N3O2. The van der Waals surface area contributed by atoms with Crippen LogP contribution in [0.15, 0.2) is 36.8 Å². The van der Waals surface area contributed by atoms with Crippen LogP contribution in [0.1, 0.15) is 16.7 Å². The zero-order valence-electron chi connectivity index (χ0n) is 12.9. The van der Waals surface area contributed by atoms with E-state index >= 15 is 0 Å². The topological polar surface area (TPSA) is 64.1 Å². The van der Waals surface area contributed by atoms with Crippen molar-refractivity contribution in [3.8, 4) is 5.88 Å². The highest BCUT2D eigenvalue weighted by Crippen LogP contribution is 2.17. The van der Waals surface area contributed by atoms with Crippen LogP contribution in [0.3, 0.4) is 0 Å². The predicted molar refractivity (Wildman–Crippen MR) is 80.3 cm³/mol. The molecule has 0 spiro atoms. The minimum absolute atomic E-state index is 0.137. The molecule has 0 bridgehead atoms. The summed E-state index contributed by atoms with van der Waals surface area (Å²) in [7, 11) is 0. The Morgan fingerprint density at radius 3 is 2.79 bits per heavy atom. The van der Waals surface area contributed by atoms with Crippen molar-refractivity contribution in [1.82, 2.24) is 15.3 Å². The van der Waals surface area contributed by atoms with E-state index in [1.807, 2.05) is 13.0 Å². The summed E-state index contributed by atoms with van der Waals surface area (Å²) in [4.78, 5) is 19.6. The molecule has 0 fully saturated rings. The second-order valence-electron chi connectivity index (χ2n) is 5.16. The third-order valence-electron chi connectivity index (χ3n) is 3.17. The molecule has 2 rings (SSSR count). The van der Waals surface area contributed by atoms with Crippen LogP contribution in [0, 0.1) is 6.92 Å². The van der Waals surface area contributed by atoms with Crippen LogP contribution in [-0.4, -0.2) is 28.7 Å². The largest absolute Gasteiger partial charge is 0.468 e. The van der Waals surface area contributed by atoms with Crippen molar-refractivity contribution in [3.63, 3.8) is 0 Å². The number of halogens is 3. The number of amides is 1. The molecule has 0 atom stereocenters. The van der Waals surface area contributed by atoms with Crippen LogP contribution in [0.25, 0.3) is 0 Å². The van der Waals surface area contributed by atoms with Crippen molar-refractivity contribution in [1.29, 1.82) is 0 Å². The number of carbonyl (C=O) groups is 1. The maximum absolute atomic E-state index is 12.1. The third kappa shape index (κ3) is 5.86. The van der Waals surface area contributed by atoms with E-state index < -0.39 is 12.8 Å². The highest BCUT2D eigenvalue weighted by molar-refractivity contribution is 5.78. The SMILES string of the molecule is Cc1ccncc1CC(=O)NCc1ccnc(OCC(F)(F)F)c1. The number of aromatic nitrogens is 2. The second kappa shape index (κ2) is 7.76. The second-order valence-corrected chi connectivity index (χ2v) is 5.16. The summed E-state index contributed by atoms with van der Waals surface area (Å²) in [6.07, 6.45) is 0.370. The Hall–Kier alpha value is -2.64. The molecule has 2 aromatic heterocycles. The van der Waals surface area contributed by atoms with Crippen LogP contribution < -0.4 is 10.1 Å². The molecule has 0 saturated carbocycles. The molecule has 0 radical (unpaired) electrons. The summed E-state index contributed by atoms with van der Waals surface area (Å²) in [6, 6.07) is 4.77. The Morgan fingerprint density at radius 2 is 2.08 bits per heavy atom. The Balaban J connectivity index is 1.87. The number of carbonyl (C=O) groups excluding carboxylic acids is 1. The minimum atomic E-state index is -4.42. The highest BCUT2D eigenvalue weighted by atomic mass is 19.4. The maximum Gasteiger partial charge on any atom is 0.422 e. The standard InChI is InChI=1S/C16H16F3N3O2/c1-11-2-4-20-9-13(11)7-14(23)22-8-12-3-5-21-15(6-12)24-10-16(17,18)19/h2-6,9H,7-8,10H2,1H3,(H,22,23). The lowest BCUT2D eigenvalue weighted by molar-refractivity contribution is -0.154. The minimum Gasteiger partial charge on any atom is -0.468 e. The smallest absolute Gasteiger partial charge is 0.422 e. The number of hydrogen-bond donors (Lipinski definition) is 1. The van der Waals surface area contributed by atoms with Gasteiger partial charge < -0.3 is 10.1 Å². The molecule has 0 aromatic carbocycles. The van der Waals surface area contributed by atoms with E-state index in [0.717, 1.165) is 11.1 Å². The van der Waals surface area contributed by atoms with Gasteiger partial charge in [-0.25, -0.2) is 4.98 Å². The first-order valence-corrected chi connectivity index (χ1v) is 7.14. The van der Waals surface area contributed by atoms with Gasteiger partial charge in [-0.3, -0.25) is 9.78 Å². The molecular weight excluding hydrogens is 323 g/mol. The monoisotopic (exact) mass is 339 g/mol. The number of pyridine rings is 2. The fourth-order valence-corrected chi connectivity index (χ4v) is 1.91. The van der Waals surface area contributed by atoms with Gasteiger partial charge in [0, 0.05) is 31.2 Å². The van der Waals surface area contributed by atoms with Gasteiger partial charge in [0.15, 0.2) is 6.61 Å². The zero-order valence-corrected chi connectivity index (χ0v) is 12.9. The molecule has 0 aliphatic carbocycles.